The number of aliphatic hydroxyl groups is 1. The average Bonchev–Trinajstić information content (AvgIpc) is 2.94. The van der Waals surface area contributed by atoms with Crippen LogP contribution < -0.4 is 5.32 Å². The van der Waals surface area contributed by atoms with Crippen LogP contribution >= 0.6 is 11.6 Å². The molecule has 7 nitrogen and oxygen atoms in total. The van der Waals surface area contributed by atoms with Gasteiger partial charge < -0.3 is 25.4 Å². The number of carboxylic acid groups (broad SMARTS) is 2. The lowest BCUT2D eigenvalue weighted by Gasteiger charge is -2.48. The van der Waals surface area contributed by atoms with Gasteiger partial charge in [0.15, 0.2) is 0 Å². The van der Waals surface area contributed by atoms with Gasteiger partial charge >= 0.3 is 11.9 Å². The van der Waals surface area contributed by atoms with Gasteiger partial charge in [0.2, 0.25) is 0 Å². The van der Waals surface area contributed by atoms with Gasteiger partial charge in [-0.2, -0.15) is 0 Å². The van der Waals surface area contributed by atoms with E-state index in [1.165, 1.54) is 0 Å². The number of carbonyl (C=O) groups is 2. The molecule has 0 spiro atoms. The second kappa shape index (κ2) is 13.1. The fourth-order valence-corrected chi connectivity index (χ4v) is 6.21. The van der Waals surface area contributed by atoms with Crippen molar-refractivity contribution < 1.29 is 29.6 Å². The highest BCUT2D eigenvalue weighted by molar-refractivity contribution is 6.30. The van der Waals surface area contributed by atoms with Crippen LogP contribution in [0.3, 0.4) is 0 Å². The second-order valence-electron chi connectivity index (χ2n) is 10.1. The van der Waals surface area contributed by atoms with Crippen molar-refractivity contribution >= 4 is 23.5 Å². The first-order valence-electron chi connectivity index (χ1n) is 13.3. The van der Waals surface area contributed by atoms with Crippen molar-refractivity contribution in [3.63, 3.8) is 0 Å². The molecule has 4 N–H and O–H groups in total. The van der Waals surface area contributed by atoms with Crippen LogP contribution in [0.4, 0.5) is 0 Å². The maximum atomic E-state index is 13.6. The van der Waals surface area contributed by atoms with Gasteiger partial charge in [-0.3, -0.25) is 4.79 Å². The molecule has 210 valence electrons. The van der Waals surface area contributed by atoms with Crippen LogP contribution in [-0.2, 0) is 14.3 Å². The largest absolute Gasteiger partial charge is 0.481 e. The molecule has 0 radical (unpaired) electrons. The highest BCUT2D eigenvalue weighted by Gasteiger charge is 2.57. The first-order valence-corrected chi connectivity index (χ1v) is 13.6. The number of carboxylic acids is 2. The standard InChI is InChI=1S/C32H34ClNO6/c1-21-28(30(36)37)29(24-13-8-14-25(33)19-24)32(31(38)39,27(34-21)20-40-18-17-35)16-15-26(22-9-4-2-5-10-22)23-11-6-3-7-12-23/h2-14,19,26-27,29,34-35H,15-18,20H2,1H3,(H,36,37)(H,38,39). The quantitative estimate of drug-likeness (QED) is 0.217. The molecule has 0 aliphatic carbocycles. The van der Waals surface area contributed by atoms with Crippen LogP contribution in [0.1, 0.15) is 48.3 Å². The molecule has 0 bridgehead atoms. The molecule has 1 heterocycles. The molecule has 3 atom stereocenters. The van der Waals surface area contributed by atoms with Gasteiger partial charge in [0.1, 0.15) is 5.41 Å². The fourth-order valence-electron chi connectivity index (χ4n) is 6.01. The minimum absolute atomic E-state index is 0.0148. The van der Waals surface area contributed by atoms with Gasteiger partial charge in [-0.1, -0.05) is 84.4 Å². The molecule has 0 amide bonds. The lowest BCUT2D eigenvalue weighted by molar-refractivity contribution is -0.155. The van der Waals surface area contributed by atoms with Gasteiger partial charge in [-0.05, 0) is 48.6 Å². The van der Waals surface area contributed by atoms with Crippen molar-refractivity contribution in [2.24, 2.45) is 5.41 Å². The predicted molar refractivity (Wildman–Crippen MR) is 153 cm³/mol. The normalized spacial score (nSPS) is 20.8. The van der Waals surface area contributed by atoms with E-state index in [0.29, 0.717) is 22.7 Å². The minimum atomic E-state index is -1.62. The maximum Gasteiger partial charge on any atom is 0.333 e. The minimum Gasteiger partial charge on any atom is -0.481 e. The summed E-state index contributed by atoms with van der Waals surface area (Å²) in [5.74, 6) is -3.47. The lowest BCUT2D eigenvalue weighted by Crippen LogP contribution is -2.59. The number of nitrogens with one attached hydrogen (secondary N) is 1. The summed E-state index contributed by atoms with van der Waals surface area (Å²) in [7, 11) is 0. The Balaban J connectivity index is 1.89. The Bertz CT molecular complexity index is 1310. The summed E-state index contributed by atoms with van der Waals surface area (Å²) in [6.07, 6.45) is 0.569. The van der Waals surface area contributed by atoms with Crippen LogP contribution in [0.15, 0.2) is 96.2 Å². The number of halogens is 1. The monoisotopic (exact) mass is 563 g/mol. The van der Waals surface area contributed by atoms with Crippen molar-refractivity contribution in [1.82, 2.24) is 5.32 Å². The number of benzene rings is 3. The van der Waals surface area contributed by atoms with E-state index in [-0.39, 0.29) is 37.7 Å². The molecule has 3 unspecified atom stereocenters. The number of aliphatic carboxylic acids is 2. The van der Waals surface area contributed by atoms with Gasteiger partial charge in [-0.25, -0.2) is 4.79 Å². The molecule has 8 heteroatoms. The maximum absolute atomic E-state index is 13.6. The molecule has 1 aliphatic heterocycles. The molecular formula is C32H34ClNO6. The van der Waals surface area contributed by atoms with E-state index in [1.807, 2.05) is 60.7 Å². The van der Waals surface area contributed by atoms with Crippen LogP contribution in [0.2, 0.25) is 5.02 Å². The topological polar surface area (TPSA) is 116 Å². The number of hydrogen-bond donors (Lipinski definition) is 4. The molecule has 3 aromatic rings. The van der Waals surface area contributed by atoms with Crippen molar-refractivity contribution in [2.45, 2.75) is 37.6 Å². The molecule has 0 fully saturated rings. The Morgan fingerprint density at radius 3 is 2.12 bits per heavy atom. The Hall–Kier alpha value is -3.65. The van der Waals surface area contributed by atoms with E-state index in [4.69, 9.17) is 16.3 Å². The summed E-state index contributed by atoms with van der Waals surface area (Å²) in [4.78, 5) is 26.3. The Morgan fingerprint density at radius 2 is 1.60 bits per heavy atom. The number of hydrogen-bond acceptors (Lipinski definition) is 5. The van der Waals surface area contributed by atoms with E-state index >= 15 is 0 Å². The Morgan fingerprint density at radius 1 is 0.975 bits per heavy atom. The summed E-state index contributed by atoms with van der Waals surface area (Å²) in [5.41, 5.74) is 1.32. The molecule has 1 aliphatic rings. The SMILES string of the molecule is CC1=C(C(=O)O)C(c2cccc(Cl)c2)C(CCC(c2ccccc2)c2ccccc2)(C(=O)O)C(COCCO)N1. The molecule has 0 saturated heterocycles. The third-order valence-electron chi connectivity index (χ3n) is 7.80. The molecule has 3 aromatic carbocycles. The second-order valence-corrected chi connectivity index (χ2v) is 10.5. The summed E-state index contributed by atoms with van der Waals surface area (Å²) in [6.45, 7) is 1.42. The van der Waals surface area contributed by atoms with E-state index in [0.717, 1.165) is 11.1 Å². The van der Waals surface area contributed by atoms with Crippen LogP contribution in [-0.4, -0.2) is 53.1 Å². The van der Waals surface area contributed by atoms with E-state index in [9.17, 15) is 24.9 Å². The summed E-state index contributed by atoms with van der Waals surface area (Å²) in [5, 5.41) is 34.3. The number of aliphatic hydroxyl groups excluding tert-OH is 1. The van der Waals surface area contributed by atoms with Gasteiger partial charge in [-0.15, -0.1) is 0 Å². The first-order chi connectivity index (χ1) is 19.3. The summed E-state index contributed by atoms with van der Waals surface area (Å²) >= 11 is 6.35. The molecular weight excluding hydrogens is 530 g/mol. The smallest absolute Gasteiger partial charge is 0.333 e. The molecule has 40 heavy (non-hydrogen) atoms. The van der Waals surface area contributed by atoms with Crippen molar-refractivity contribution in [1.29, 1.82) is 0 Å². The average molecular weight is 564 g/mol. The number of rotatable bonds is 12. The summed E-state index contributed by atoms with van der Waals surface area (Å²) < 4.78 is 5.68. The van der Waals surface area contributed by atoms with Gasteiger partial charge in [0, 0.05) is 22.6 Å². The zero-order chi connectivity index (χ0) is 28.7. The van der Waals surface area contributed by atoms with Crippen molar-refractivity contribution in [2.75, 3.05) is 19.8 Å². The number of allylic oxidation sites excluding steroid dienone is 1. The highest BCUT2D eigenvalue weighted by Crippen LogP contribution is 2.52. The van der Waals surface area contributed by atoms with E-state index in [2.05, 4.69) is 5.32 Å². The first kappa shape index (κ1) is 29.3. The zero-order valence-electron chi connectivity index (χ0n) is 22.3. The third kappa shape index (κ3) is 6.07. The van der Waals surface area contributed by atoms with E-state index < -0.39 is 29.3 Å². The third-order valence-corrected chi connectivity index (χ3v) is 8.04. The Kier molecular flexibility index (Phi) is 9.63. The van der Waals surface area contributed by atoms with Gasteiger partial charge in [0.25, 0.3) is 0 Å². The zero-order valence-corrected chi connectivity index (χ0v) is 23.1. The fraction of sp³-hybridized carbons (Fsp3) is 0.312. The Labute approximate surface area is 239 Å². The molecule has 0 aromatic heterocycles. The van der Waals surface area contributed by atoms with Gasteiger partial charge in [0.05, 0.1) is 31.4 Å². The van der Waals surface area contributed by atoms with Crippen LogP contribution in [0.5, 0.6) is 0 Å². The highest BCUT2D eigenvalue weighted by atomic mass is 35.5. The lowest BCUT2D eigenvalue weighted by atomic mass is 9.59. The molecule has 4 rings (SSSR count). The van der Waals surface area contributed by atoms with E-state index in [1.54, 1.807) is 31.2 Å². The van der Waals surface area contributed by atoms with Crippen molar-refractivity contribution in [3.8, 4) is 0 Å². The molecule has 0 saturated carbocycles. The summed E-state index contributed by atoms with van der Waals surface area (Å²) in [6, 6.07) is 25.7. The van der Waals surface area contributed by atoms with Crippen LogP contribution in [0.25, 0.3) is 0 Å². The van der Waals surface area contributed by atoms with Crippen molar-refractivity contribution in [3.05, 3.63) is 118 Å². The number of ether oxygens (including phenoxy) is 1. The van der Waals surface area contributed by atoms with Crippen LogP contribution in [0, 0.1) is 5.41 Å². The predicted octanol–water partition coefficient (Wildman–Crippen LogP) is 5.45.